The molecule has 3 aromatic rings. The van der Waals surface area contributed by atoms with Crippen LogP contribution in [0.25, 0.3) is 11.1 Å². The fraction of sp³-hybridized carbons (Fsp3) is 0.217. The standard InChI is InChI=1S/C23H23NO2/c1-25-21-12-11-16(15-22(21)26-2)13-14-24-23-19-9-5-3-7-17(19)18-8-4-6-10-20(18)23/h3-12,15,23-24H,13-14H2,1-2H3. The van der Waals surface area contributed by atoms with Crippen LogP contribution in [0.5, 0.6) is 11.5 Å². The summed E-state index contributed by atoms with van der Waals surface area (Å²) in [5.74, 6) is 1.55. The van der Waals surface area contributed by atoms with E-state index in [0.29, 0.717) is 0 Å². The maximum absolute atomic E-state index is 5.40. The van der Waals surface area contributed by atoms with Crippen molar-refractivity contribution in [1.82, 2.24) is 5.32 Å². The lowest BCUT2D eigenvalue weighted by atomic mass is 10.0. The average Bonchev–Trinajstić information content (AvgIpc) is 3.02. The van der Waals surface area contributed by atoms with Crippen molar-refractivity contribution in [2.45, 2.75) is 12.5 Å². The topological polar surface area (TPSA) is 30.5 Å². The van der Waals surface area contributed by atoms with Gasteiger partial charge in [-0.1, -0.05) is 54.6 Å². The molecule has 0 bridgehead atoms. The SMILES string of the molecule is COc1ccc(CCNC2c3ccccc3-c3ccccc32)cc1OC. The van der Waals surface area contributed by atoms with Crippen molar-refractivity contribution in [3.05, 3.63) is 83.4 Å². The summed E-state index contributed by atoms with van der Waals surface area (Å²) in [5, 5.41) is 3.74. The average molecular weight is 345 g/mol. The summed E-state index contributed by atoms with van der Waals surface area (Å²) in [5.41, 5.74) is 6.63. The van der Waals surface area contributed by atoms with E-state index in [1.165, 1.54) is 27.8 Å². The quantitative estimate of drug-likeness (QED) is 0.708. The van der Waals surface area contributed by atoms with Gasteiger partial charge in [-0.2, -0.15) is 0 Å². The van der Waals surface area contributed by atoms with Crippen LogP contribution in [-0.4, -0.2) is 20.8 Å². The molecule has 132 valence electrons. The van der Waals surface area contributed by atoms with Crippen LogP contribution in [0.3, 0.4) is 0 Å². The zero-order valence-electron chi connectivity index (χ0n) is 15.2. The lowest BCUT2D eigenvalue weighted by Gasteiger charge is -2.16. The maximum Gasteiger partial charge on any atom is 0.160 e. The third kappa shape index (κ3) is 2.95. The highest BCUT2D eigenvalue weighted by molar-refractivity contribution is 5.78. The van der Waals surface area contributed by atoms with Crippen molar-refractivity contribution in [2.75, 3.05) is 20.8 Å². The lowest BCUT2D eigenvalue weighted by Crippen LogP contribution is -2.23. The Balaban J connectivity index is 1.50. The molecule has 1 aliphatic carbocycles. The van der Waals surface area contributed by atoms with Gasteiger partial charge in [-0.05, 0) is 46.4 Å². The number of hydrogen-bond acceptors (Lipinski definition) is 3. The molecular formula is C23H23NO2. The van der Waals surface area contributed by atoms with Crippen LogP contribution in [0, 0.1) is 0 Å². The Bertz CT molecular complexity index is 874. The number of ether oxygens (including phenoxy) is 2. The molecule has 3 heteroatoms. The van der Waals surface area contributed by atoms with Gasteiger partial charge in [-0.3, -0.25) is 0 Å². The van der Waals surface area contributed by atoms with E-state index in [2.05, 4.69) is 66.0 Å². The minimum absolute atomic E-state index is 0.252. The third-order valence-corrected chi connectivity index (χ3v) is 5.04. The van der Waals surface area contributed by atoms with Crippen LogP contribution >= 0.6 is 0 Å². The first kappa shape index (κ1) is 16.7. The highest BCUT2D eigenvalue weighted by atomic mass is 16.5. The zero-order chi connectivity index (χ0) is 17.9. The zero-order valence-corrected chi connectivity index (χ0v) is 15.2. The van der Waals surface area contributed by atoms with Crippen molar-refractivity contribution in [3.63, 3.8) is 0 Å². The number of nitrogens with one attached hydrogen (secondary N) is 1. The first-order chi connectivity index (χ1) is 12.8. The Morgan fingerprint density at radius 2 is 1.38 bits per heavy atom. The van der Waals surface area contributed by atoms with Gasteiger partial charge in [0.1, 0.15) is 0 Å². The summed E-state index contributed by atoms with van der Waals surface area (Å²) < 4.78 is 10.7. The van der Waals surface area contributed by atoms with E-state index in [-0.39, 0.29) is 6.04 Å². The van der Waals surface area contributed by atoms with E-state index in [0.717, 1.165) is 24.5 Å². The molecule has 4 rings (SSSR count). The Hall–Kier alpha value is -2.78. The molecule has 0 radical (unpaired) electrons. The minimum atomic E-state index is 0.252. The molecule has 1 aliphatic rings. The summed E-state index contributed by atoms with van der Waals surface area (Å²) in [7, 11) is 3.33. The number of benzene rings is 3. The number of hydrogen-bond donors (Lipinski definition) is 1. The molecule has 0 atom stereocenters. The van der Waals surface area contributed by atoms with Gasteiger partial charge >= 0.3 is 0 Å². The molecule has 0 spiro atoms. The molecule has 0 unspecified atom stereocenters. The molecule has 0 aromatic heterocycles. The highest BCUT2D eigenvalue weighted by Gasteiger charge is 2.27. The van der Waals surface area contributed by atoms with Gasteiger partial charge in [0.05, 0.1) is 20.3 Å². The predicted octanol–water partition coefficient (Wildman–Crippen LogP) is 4.61. The van der Waals surface area contributed by atoms with Crippen LogP contribution in [-0.2, 0) is 6.42 Å². The maximum atomic E-state index is 5.40. The second kappa shape index (κ2) is 7.22. The Kier molecular flexibility index (Phi) is 4.63. The van der Waals surface area contributed by atoms with Crippen LogP contribution in [0.1, 0.15) is 22.7 Å². The molecule has 0 saturated heterocycles. The van der Waals surface area contributed by atoms with Crippen molar-refractivity contribution < 1.29 is 9.47 Å². The van der Waals surface area contributed by atoms with E-state index in [1.54, 1.807) is 14.2 Å². The largest absolute Gasteiger partial charge is 0.493 e. The molecule has 3 aromatic carbocycles. The van der Waals surface area contributed by atoms with Gasteiger partial charge in [-0.15, -0.1) is 0 Å². The van der Waals surface area contributed by atoms with Gasteiger partial charge in [-0.25, -0.2) is 0 Å². The van der Waals surface area contributed by atoms with Gasteiger partial charge in [0.2, 0.25) is 0 Å². The van der Waals surface area contributed by atoms with Gasteiger partial charge in [0, 0.05) is 6.54 Å². The number of methoxy groups -OCH3 is 2. The predicted molar refractivity (Wildman–Crippen MR) is 105 cm³/mol. The Morgan fingerprint density at radius 1 is 0.769 bits per heavy atom. The van der Waals surface area contributed by atoms with E-state index in [4.69, 9.17) is 9.47 Å². The van der Waals surface area contributed by atoms with Gasteiger partial charge in [0.25, 0.3) is 0 Å². The summed E-state index contributed by atoms with van der Waals surface area (Å²) >= 11 is 0. The molecule has 1 N–H and O–H groups in total. The molecule has 0 heterocycles. The van der Waals surface area contributed by atoms with E-state index in [9.17, 15) is 0 Å². The second-order valence-corrected chi connectivity index (χ2v) is 6.50. The summed E-state index contributed by atoms with van der Waals surface area (Å²) in [6, 6.07) is 23.7. The molecule has 0 saturated carbocycles. The van der Waals surface area contributed by atoms with Crippen molar-refractivity contribution >= 4 is 0 Å². The number of rotatable bonds is 6. The van der Waals surface area contributed by atoms with Crippen LogP contribution < -0.4 is 14.8 Å². The lowest BCUT2D eigenvalue weighted by molar-refractivity contribution is 0.354. The van der Waals surface area contributed by atoms with Crippen LogP contribution in [0.15, 0.2) is 66.7 Å². The van der Waals surface area contributed by atoms with Crippen LogP contribution in [0.4, 0.5) is 0 Å². The van der Waals surface area contributed by atoms with Gasteiger partial charge in [0.15, 0.2) is 11.5 Å². The first-order valence-electron chi connectivity index (χ1n) is 8.94. The monoisotopic (exact) mass is 345 g/mol. The van der Waals surface area contributed by atoms with Crippen molar-refractivity contribution in [2.24, 2.45) is 0 Å². The van der Waals surface area contributed by atoms with Crippen LogP contribution in [0.2, 0.25) is 0 Å². The normalized spacial score (nSPS) is 12.5. The van der Waals surface area contributed by atoms with Crippen molar-refractivity contribution in [3.8, 4) is 22.6 Å². The smallest absolute Gasteiger partial charge is 0.160 e. The summed E-state index contributed by atoms with van der Waals surface area (Å²) in [4.78, 5) is 0. The fourth-order valence-corrected chi connectivity index (χ4v) is 3.77. The van der Waals surface area contributed by atoms with E-state index >= 15 is 0 Å². The molecular weight excluding hydrogens is 322 g/mol. The first-order valence-corrected chi connectivity index (χ1v) is 8.94. The summed E-state index contributed by atoms with van der Waals surface area (Å²) in [6.07, 6.45) is 0.932. The van der Waals surface area contributed by atoms with Gasteiger partial charge < -0.3 is 14.8 Å². The number of fused-ring (bicyclic) bond motifs is 3. The Labute approximate surface area is 154 Å². The highest BCUT2D eigenvalue weighted by Crippen LogP contribution is 2.42. The molecule has 3 nitrogen and oxygen atoms in total. The third-order valence-electron chi connectivity index (χ3n) is 5.04. The fourth-order valence-electron chi connectivity index (χ4n) is 3.77. The molecule has 26 heavy (non-hydrogen) atoms. The molecule has 0 aliphatic heterocycles. The Morgan fingerprint density at radius 3 is 2.00 bits per heavy atom. The van der Waals surface area contributed by atoms with E-state index < -0.39 is 0 Å². The molecule has 0 amide bonds. The molecule has 0 fully saturated rings. The second-order valence-electron chi connectivity index (χ2n) is 6.50. The van der Waals surface area contributed by atoms with E-state index in [1.807, 2.05) is 6.07 Å². The summed E-state index contributed by atoms with van der Waals surface area (Å²) in [6.45, 7) is 0.892. The van der Waals surface area contributed by atoms with Crippen molar-refractivity contribution in [1.29, 1.82) is 0 Å². The minimum Gasteiger partial charge on any atom is -0.493 e.